The van der Waals surface area contributed by atoms with Gasteiger partial charge in [0, 0.05) is 12.0 Å². The fourth-order valence-electron chi connectivity index (χ4n) is 7.81. The van der Waals surface area contributed by atoms with Crippen LogP contribution < -0.4 is 4.74 Å². The molecule has 1 N–H and O–H groups in total. The number of carbonyl (C=O) groups is 2. The summed E-state index contributed by atoms with van der Waals surface area (Å²) in [5, 5.41) is 10.8. The fraction of sp³-hybridized carbons (Fsp3) is 0.562. The van der Waals surface area contributed by atoms with Gasteiger partial charge in [0.05, 0.1) is 0 Å². The molecular weight excluding hydrogens is 896 g/mol. The summed E-state index contributed by atoms with van der Waals surface area (Å²) < 4.78 is 5.52. The van der Waals surface area contributed by atoms with E-state index >= 15 is 0 Å². The summed E-state index contributed by atoms with van der Waals surface area (Å²) >= 11 is 4.37. The van der Waals surface area contributed by atoms with Crippen molar-refractivity contribution < 1.29 is 19.4 Å². The highest BCUT2D eigenvalue weighted by atomic mass is 32.4. The molecule has 0 saturated carbocycles. The largest absolute Gasteiger partial charge is 0.507 e. The second kappa shape index (κ2) is 40.7. The Morgan fingerprint density at radius 1 is 0.500 bits per heavy atom. The number of phenols is 1. The standard InChI is InChI=1S/C63H96O4.CH3PS/c1-15-60(64)46-62(65)67-61-45-59(63(66)58(14)57(61)13)44-43-56(12)42-24-41-55(11)40-23-39-54(10)38-22-37-53(9)36-21-35-52(8)34-20-33-51(7)32-19-31-50(6)30-18-29-49(5)28-17-27-48(4)26-16-25-47(2)3;1-2-3/h25,27,29,31,33,35,37,39,41,43,45,66H,15-24,26,28,30,32,34,36,38,40,42,44,46H2,1-14H3;1H3/b48-27+,49-29+,50-31+,51-33+,52-35+,53-37+,54-39+,55-41+,56-43+;. The van der Waals surface area contributed by atoms with E-state index < -0.39 is 5.97 Å². The topological polar surface area (TPSA) is 63.6 Å². The number of hydrogen-bond donors (Lipinski definition) is 1. The SMILES string of the molecule is CCC(=O)CC(=O)Oc1cc(C/C=C(\C)CC/C=C(\C)CC/C=C(\C)CC/C=C(\C)CC/C=C(\C)CC/C=C(\C)CC/C=C(\C)CC/C=C(\C)CC/C=C(\C)CCC=C(C)C)c(O)c(C)c1C.CP=S. The molecule has 1 aromatic rings. The molecule has 4 nitrogen and oxygen atoms in total. The minimum Gasteiger partial charge on any atom is -0.507 e. The van der Waals surface area contributed by atoms with Crippen LogP contribution in [0.2, 0.25) is 0 Å². The van der Waals surface area contributed by atoms with Crippen LogP contribution >= 0.6 is 7.36 Å². The molecule has 0 spiro atoms. The zero-order chi connectivity index (χ0) is 52.9. The summed E-state index contributed by atoms with van der Waals surface area (Å²) in [5.74, 6) is -0.0799. The lowest BCUT2D eigenvalue weighted by atomic mass is 9.99. The summed E-state index contributed by atoms with van der Waals surface area (Å²) in [6, 6.07) is 1.73. The maximum Gasteiger partial charge on any atom is 0.318 e. The lowest BCUT2D eigenvalue weighted by Gasteiger charge is -2.14. The van der Waals surface area contributed by atoms with Crippen molar-refractivity contribution in [3.63, 3.8) is 0 Å². The Hall–Kier alpha value is -3.92. The third kappa shape index (κ3) is 35.2. The first kappa shape index (κ1) is 66.1. The fourth-order valence-corrected chi connectivity index (χ4v) is 7.81. The molecule has 0 amide bonds. The molecule has 70 heavy (non-hydrogen) atoms. The normalized spacial score (nSPS) is 13.7. The van der Waals surface area contributed by atoms with Crippen LogP contribution in [-0.2, 0) is 27.8 Å². The number of rotatable bonds is 33. The number of carbonyl (C=O) groups excluding carboxylic acids is 2. The highest BCUT2D eigenvalue weighted by Gasteiger charge is 2.17. The van der Waals surface area contributed by atoms with Crippen LogP contribution in [-0.4, -0.2) is 23.5 Å². The molecule has 6 heteroatoms. The van der Waals surface area contributed by atoms with Gasteiger partial charge in [0.25, 0.3) is 0 Å². The number of allylic oxidation sites excluding steroid dienone is 20. The summed E-state index contributed by atoms with van der Waals surface area (Å²) in [5.41, 5.74) is 16.7. The molecule has 0 unspecified atom stereocenters. The van der Waals surface area contributed by atoms with Crippen molar-refractivity contribution >= 4 is 30.9 Å². The molecular formula is C64H99O4PS. The van der Waals surface area contributed by atoms with Crippen molar-refractivity contribution in [1.29, 1.82) is 0 Å². The monoisotopic (exact) mass is 995 g/mol. The maximum atomic E-state index is 12.3. The zero-order valence-corrected chi connectivity index (χ0v) is 48.9. The third-order valence-electron chi connectivity index (χ3n) is 12.9. The van der Waals surface area contributed by atoms with Crippen LogP contribution in [0.15, 0.2) is 123 Å². The van der Waals surface area contributed by atoms with Gasteiger partial charge in [-0.1, -0.05) is 135 Å². The van der Waals surface area contributed by atoms with Gasteiger partial charge in [-0.05, 0) is 243 Å². The zero-order valence-electron chi connectivity index (χ0n) is 47.2. The smallest absolute Gasteiger partial charge is 0.318 e. The van der Waals surface area contributed by atoms with E-state index in [1.54, 1.807) is 13.0 Å². The van der Waals surface area contributed by atoms with Crippen LogP contribution in [0.5, 0.6) is 11.5 Å². The Balaban J connectivity index is 0.0000154. The van der Waals surface area contributed by atoms with Crippen LogP contribution in [0.4, 0.5) is 0 Å². The quantitative estimate of drug-likeness (QED) is 0.0250. The second-order valence-corrected chi connectivity index (χ2v) is 21.6. The summed E-state index contributed by atoms with van der Waals surface area (Å²) in [6.07, 6.45) is 44.6. The predicted octanol–water partition coefficient (Wildman–Crippen LogP) is 20.4. The molecule has 0 aliphatic heterocycles. The molecule has 1 rings (SSSR count). The summed E-state index contributed by atoms with van der Waals surface area (Å²) in [4.78, 5) is 24.0. The Kier molecular flexibility index (Phi) is 38.4. The first-order valence-corrected chi connectivity index (χ1v) is 28.9. The van der Waals surface area contributed by atoms with Gasteiger partial charge in [0.2, 0.25) is 0 Å². The number of ketones is 1. The Morgan fingerprint density at radius 2 is 0.771 bits per heavy atom. The minimum absolute atomic E-state index is 0.151. The van der Waals surface area contributed by atoms with Gasteiger partial charge < -0.3 is 9.84 Å². The number of hydrogen-bond acceptors (Lipinski definition) is 5. The molecule has 1 aromatic carbocycles. The van der Waals surface area contributed by atoms with Crippen molar-refractivity contribution in [2.45, 2.75) is 232 Å². The summed E-state index contributed by atoms with van der Waals surface area (Å²) in [6.45, 7) is 32.0. The van der Waals surface area contributed by atoms with E-state index in [0.29, 0.717) is 35.3 Å². The van der Waals surface area contributed by atoms with Gasteiger partial charge in [0.15, 0.2) is 0 Å². The van der Waals surface area contributed by atoms with Gasteiger partial charge in [-0.25, -0.2) is 0 Å². The van der Waals surface area contributed by atoms with Crippen molar-refractivity contribution in [1.82, 2.24) is 0 Å². The van der Waals surface area contributed by atoms with E-state index in [1.807, 2.05) is 20.5 Å². The molecule has 0 radical (unpaired) electrons. The lowest BCUT2D eigenvalue weighted by molar-refractivity contribution is -0.138. The molecule has 0 aliphatic carbocycles. The van der Waals surface area contributed by atoms with Crippen LogP contribution in [0, 0.1) is 13.8 Å². The Morgan fingerprint density at radius 3 is 1.04 bits per heavy atom. The van der Waals surface area contributed by atoms with Gasteiger partial charge >= 0.3 is 5.97 Å². The van der Waals surface area contributed by atoms with Crippen molar-refractivity contribution in [3.05, 3.63) is 139 Å². The van der Waals surface area contributed by atoms with E-state index in [1.165, 1.54) is 68.6 Å². The number of Topliss-reactive ketones (excluding diaryl/α,β-unsaturated/α-hetero) is 1. The number of aromatic hydroxyl groups is 1. The number of ether oxygens (including phenoxy) is 1. The molecule has 0 fully saturated rings. The third-order valence-corrected chi connectivity index (χ3v) is 12.9. The average molecular weight is 996 g/mol. The second-order valence-electron chi connectivity index (χ2n) is 20.1. The molecule has 0 bridgehead atoms. The number of benzene rings is 1. The van der Waals surface area contributed by atoms with E-state index in [0.717, 1.165) is 110 Å². The Labute approximate surface area is 437 Å². The minimum atomic E-state index is -0.562. The van der Waals surface area contributed by atoms with Gasteiger partial charge in [0.1, 0.15) is 23.7 Å². The van der Waals surface area contributed by atoms with Crippen LogP contribution in [0.1, 0.15) is 228 Å². The highest BCUT2D eigenvalue weighted by molar-refractivity contribution is 7.96. The van der Waals surface area contributed by atoms with Gasteiger partial charge in [-0.15, -0.1) is 0 Å². The van der Waals surface area contributed by atoms with Crippen LogP contribution in [0.3, 0.4) is 0 Å². The molecule has 0 heterocycles. The van der Waals surface area contributed by atoms with E-state index in [-0.39, 0.29) is 18.0 Å². The average Bonchev–Trinajstić information content (AvgIpc) is 3.28. The Bertz CT molecular complexity index is 2070. The summed E-state index contributed by atoms with van der Waals surface area (Å²) in [7, 11) is 1.00. The number of esters is 1. The maximum absolute atomic E-state index is 12.3. The first-order valence-electron chi connectivity index (χ1n) is 26.5. The predicted molar refractivity (Wildman–Crippen MR) is 313 cm³/mol. The van der Waals surface area contributed by atoms with E-state index in [9.17, 15) is 14.7 Å². The molecule has 0 saturated heterocycles. The highest BCUT2D eigenvalue weighted by Crippen LogP contribution is 2.34. The van der Waals surface area contributed by atoms with Gasteiger partial charge in [-0.2, -0.15) is 0 Å². The van der Waals surface area contributed by atoms with Gasteiger partial charge in [-0.3, -0.25) is 9.59 Å². The number of phenolic OH excluding ortho intramolecular Hbond substituents is 1. The molecule has 0 atom stereocenters. The lowest BCUT2D eigenvalue weighted by Crippen LogP contribution is -2.14. The van der Waals surface area contributed by atoms with Crippen molar-refractivity contribution in [2.24, 2.45) is 0 Å². The van der Waals surface area contributed by atoms with Crippen LogP contribution in [0.25, 0.3) is 0 Å². The molecule has 0 aliphatic rings. The van der Waals surface area contributed by atoms with Crippen molar-refractivity contribution in [3.8, 4) is 11.5 Å². The van der Waals surface area contributed by atoms with E-state index in [2.05, 4.69) is 149 Å². The first-order chi connectivity index (χ1) is 33.2. The van der Waals surface area contributed by atoms with Crippen molar-refractivity contribution in [2.75, 3.05) is 6.66 Å². The molecule has 0 aromatic heterocycles. The molecule has 390 valence electrons. The van der Waals surface area contributed by atoms with E-state index in [4.69, 9.17) is 4.74 Å².